The zero-order valence-electron chi connectivity index (χ0n) is 16.3. The van der Waals surface area contributed by atoms with Gasteiger partial charge >= 0.3 is 0 Å². The first kappa shape index (κ1) is 21.1. The molecular weight excluding hydrogens is 387 g/mol. The van der Waals surface area contributed by atoms with E-state index >= 15 is 0 Å². The first-order valence-corrected chi connectivity index (χ1v) is 9.98. The summed E-state index contributed by atoms with van der Waals surface area (Å²) < 4.78 is 0. The highest BCUT2D eigenvalue weighted by atomic mass is 35.5. The minimum atomic E-state index is 0. The molecule has 1 N–H and O–H groups in total. The third kappa shape index (κ3) is 3.44. The van der Waals surface area contributed by atoms with Crippen molar-refractivity contribution in [2.24, 2.45) is 0 Å². The quantitative estimate of drug-likeness (QED) is 0.401. The molecule has 1 atom stereocenters. The Labute approximate surface area is 179 Å². The van der Waals surface area contributed by atoms with E-state index in [0.29, 0.717) is 6.04 Å². The molecule has 0 saturated carbocycles. The predicted molar refractivity (Wildman–Crippen MR) is 127 cm³/mol. The summed E-state index contributed by atoms with van der Waals surface area (Å²) in [5.41, 5.74) is 1.51. The zero-order chi connectivity index (χ0) is 17.5. The lowest BCUT2D eigenvalue weighted by molar-refractivity contribution is 0.165. The topological polar surface area (TPSA) is 15.3 Å². The highest BCUT2D eigenvalue weighted by Crippen LogP contribution is 2.39. The van der Waals surface area contributed by atoms with E-state index in [1.54, 1.807) is 0 Å². The van der Waals surface area contributed by atoms with Crippen LogP contribution in [0.4, 0.5) is 0 Å². The summed E-state index contributed by atoms with van der Waals surface area (Å²) >= 11 is 0. The lowest BCUT2D eigenvalue weighted by Crippen LogP contribution is -2.45. The SMILES string of the molecule is CCC[C@H](c1ccc2ccc3cccc4ccc1c2c34)N1CCNCC1.Cl.Cl. The van der Waals surface area contributed by atoms with Crippen LogP contribution in [0, 0.1) is 0 Å². The van der Waals surface area contributed by atoms with Crippen molar-refractivity contribution in [3.63, 3.8) is 0 Å². The number of benzene rings is 4. The van der Waals surface area contributed by atoms with Gasteiger partial charge in [-0.3, -0.25) is 4.90 Å². The maximum absolute atomic E-state index is 3.50. The number of halogens is 2. The molecule has 4 heteroatoms. The molecular formula is C24H28Cl2N2. The Morgan fingerprint density at radius 2 is 1.43 bits per heavy atom. The van der Waals surface area contributed by atoms with Crippen molar-refractivity contribution >= 4 is 57.1 Å². The van der Waals surface area contributed by atoms with Crippen LogP contribution >= 0.6 is 24.8 Å². The summed E-state index contributed by atoms with van der Waals surface area (Å²) in [6.07, 6.45) is 2.44. The second-order valence-electron chi connectivity index (χ2n) is 7.60. The second kappa shape index (κ2) is 8.84. The Hall–Kier alpha value is -1.58. The van der Waals surface area contributed by atoms with E-state index in [-0.39, 0.29) is 24.8 Å². The van der Waals surface area contributed by atoms with Crippen molar-refractivity contribution in [2.45, 2.75) is 25.8 Å². The molecule has 4 aromatic carbocycles. The summed E-state index contributed by atoms with van der Waals surface area (Å²) in [7, 11) is 0. The van der Waals surface area contributed by atoms with Crippen LogP contribution in [-0.2, 0) is 0 Å². The van der Waals surface area contributed by atoms with Crippen molar-refractivity contribution in [3.8, 4) is 0 Å². The van der Waals surface area contributed by atoms with Crippen LogP contribution < -0.4 is 5.32 Å². The van der Waals surface area contributed by atoms with Gasteiger partial charge < -0.3 is 5.32 Å². The number of piperazine rings is 1. The van der Waals surface area contributed by atoms with E-state index in [4.69, 9.17) is 0 Å². The number of rotatable bonds is 4. The maximum Gasteiger partial charge on any atom is 0.0355 e. The molecule has 1 saturated heterocycles. The minimum absolute atomic E-state index is 0. The molecule has 0 unspecified atom stereocenters. The molecule has 0 spiro atoms. The van der Waals surface area contributed by atoms with E-state index in [1.165, 1.54) is 50.7 Å². The molecule has 4 aromatic rings. The van der Waals surface area contributed by atoms with Crippen LogP contribution in [0.5, 0.6) is 0 Å². The standard InChI is InChI=1S/C24H26N2.2ClH/c1-2-4-22(26-15-13-25-14-16-26)20-11-9-19-8-7-17-5-3-6-18-10-12-21(20)24(19)23(17)18;;/h3,5-12,22,25H,2,4,13-16H2,1H3;2*1H/t22-;;/m1../s1. The Bertz CT molecular complexity index is 1040. The molecule has 0 amide bonds. The molecule has 1 heterocycles. The molecule has 0 radical (unpaired) electrons. The average Bonchev–Trinajstić information content (AvgIpc) is 2.71. The number of nitrogens with one attached hydrogen (secondary N) is 1. The number of hydrogen-bond donors (Lipinski definition) is 1. The summed E-state index contributed by atoms with van der Waals surface area (Å²) in [4.78, 5) is 2.69. The molecule has 0 aliphatic carbocycles. The van der Waals surface area contributed by atoms with Crippen LogP contribution in [0.1, 0.15) is 31.4 Å². The van der Waals surface area contributed by atoms with E-state index in [2.05, 4.69) is 71.7 Å². The second-order valence-corrected chi connectivity index (χ2v) is 7.60. The van der Waals surface area contributed by atoms with Gasteiger partial charge in [0.2, 0.25) is 0 Å². The Morgan fingerprint density at radius 1 is 0.821 bits per heavy atom. The van der Waals surface area contributed by atoms with E-state index in [0.717, 1.165) is 26.2 Å². The lowest BCUT2D eigenvalue weighted by Gasteiger charge is -2.36. The fraction of sp³-hybridized carbons (Fsp3) is 0.333. The van der Waals surface area contributed by atoms with Crippen LogP contribution in [-0.4, -0.2) is 31.1 Å². The Balaban J connectivity index is 0.00000112. The average molecular weight is 415 g/mol. The molecule has 0 bridgehead atoms. The third-order valence-corrected chi connectivity index (χ3v) is 6.08. The summed E-state index contributed by atoms with van der Waals surface area (Å²) in [5, 5.41) is 11.9. The maximum atomic E-state index is 3.50. The molecule has 1 aliphatic heterocycles. The van der Waals surface area contributed by atoms with Crippen LogP contribution in [0.2, 0.25) is 0 Å². The van der Waals surface area contributed by atoms with Crippen LogP contribution in [0.3, 0.4) is 0 Å². The minimum Gasteiger partial charge on any atom is -0.314 e. The lowest BCUT2D eigenvalue weighted by atomic mass is 9.88. The van der Waals surface area contributed by atoms with Crippen molar-refractivity contribution in [1.82, 2.24) is 10.2 Å². The zero-order valence-corrected chi connectivity index (χ0v) is 17.9. The van der Waals surface area contributed by atoms with Gasteiger partial charge in [0.1, 0.15) is 0 Å². The monoisotopic (exact) mass is 414 g/mol. The van der Waals surface area contributed by atoms with Crippen molar-refractivity contribution < 1.29 is 0 Å². The first-order chi connectivity index (χ1) is 12.9. The molecule has 5 rings (SSSR count). The van der Waals surface area contributed by atoms with Gasteiger partial charge in [-0.05, 0) is 44.3 Å². The van der Waals surface area contributed by atoms with Crippen molar-refractivity contribution in [1.29, 1.82) is 0 Å². The van der Waals surface area contributed by atoms with Crippen molar-refractivity contribution in [3.05, 3.63) is 60.2 Å². The summed E-state index contributed by atoms with van der Waals surface area (Å²) in [6.45, 7) is 6.81. The summed E-state index contributed by atoms with van der Waals surface area (Å²) in [6, 6.07) is 21.1. The van der Waals surface area contributed by atoms with Gasteiger partial charge in [-0.15, -0.1) is 24.8 Å². The van der Waals surface area contributed by atoms with Gasteiger partial charge in [0.25, 0.3) is 0 Å². The van der Waals surface area contributed by atoms with Crippen molar-refractivity contribution in [2.75, 3.05) is 26.2 Å². The van der Waals surface area contributed by atoms with Gasteiger partial charge in [0.05, 0.1) is 0 Å². The fourth-order valence-electron chi connectivity index (χ4n) is 4.85. The predicted octanol–water partition coefficient (Wildman–Crippen LogP) is 6.17. The van der Waals surface area contributed by atoms with Gasteiger partial charge in [0, 0.05) is 32.2 Å². The summed E-state index contributed by atoms with van der Waals surface area (Å²) in [5.74, 6) is 0. The Morgan fingerprint density at radius 3 is 2.11 bits per heavy atom. The van der Waals surface area contributed by atoms with Gasteiger partial charge in [-0.1, -0.05) is 67.9 Å². The first-order valence-electron chi connectivity index (χ1n) is 9.98. The molecule has 1 aliphatic rings. The number of hydrogen-bond acceptors (Lipinski definition) is 2. The largest absolute Gasteiger partial charge is 0.314 e. The van der Waals surface area contributed by atoms with E-state index in [1.807, 2.05) is 0 Å². The highest BCUT2D eigenvalue weighted by molar-refractivity contribution is 6.23. The number of nitrogens with zero attached hydrogens (tertiary/aromatic N) is 1. The fourth-order valence-corrected chi connectivity index (χ4v) is 4.85. The molecule has 2 nitrogen and oxygen atoms in total. The highest BCUT2D eigenvalue weighted by Gasteiger charge is 2.24. The third-order valence-electron chi connectivity index (χ3n) is 6.08. The van der Waals surface area contributed by atoms with Gasteiger partial charge in [0.15, 0.2) is 0 Å². The molecule has 0 aromatic heterocycles. The van der Waals surface area contributed by atoms with E-state index in [9.17, 15) is 0 Å². The Kier molecular flexibility index (Phi) is 6.67. The smallest absolute Gasteiger partial charge is 0.0355 e. The van der Waals surface area contributed by atoms with Crippen LogP contribution in [0.25, 0.3) is 32.3 Å². The van der Waals surface area contributed by atoms with Crippen LogP contribution in [0.15, 0.2) is 54.6 Å². The molecule has 148 valence electrons. The normalized spacial score (nSPS) is 16.2. The molecule has 28 heavy (non-hydrogen) atoms. The van der Waals surface area contributed by atoms with E-state index < -0.39 is 0 Å². The van der Waals surface area contributed by atoms with Gasteiger partial charge in [-0.2, -0.15) is 0 Å². The molecule has 1 fully saturated rings. The van der Waals surface area contributed by atoms with Gasteiger partial charge in [-0.25, -0.2) is 0 Å².